The second-order valence-corrected chi connectivity index (χ2v) is 5.92. The number of carbonyl (C=O) groups is 1. The van der Waals surface area contributed by atoms with E-state index in [4.69, 9.17) is 0 Å². The Morgan fingerprint density at radius 1 is 1.37 bits per heavy atom. The van der Waals surface area contributed by atoms with E-state index in [0.717, 1.165) is 12.5 Å². The summed E-state index contributed by atoms with van der Waals surface area (Å²) < 4.78 is 13.7. The smallest absolute Gasteiger partial charge is 0.170 e. The van der Waals surface area contributed by atoms with Crippen LogP contribution in [0.3, 0.4) is 0 Å². The van der Waals surface area contributed by atoms with E-state index in [1.165, 1.54) is 25.3 Å². The highest BCUT2D eigenvalue weighted by atomic mass is 19.1. The van der Waals surface area contributed by atoms with Gasteiger partial charge >= 0.3 is 0 Å². The van der Waals surface area contributed by atoms with Gasteiger partial charge in [-0.05, 0) is 43.4 Å². The van der Waals surface area contributed by atoms with Crippen LogP contribution in [-0.4, -0.2) is 18.4 Å². The van der Waals surface area contributed by atoms with Crippen molar-refractivity contribution >= 4 is 5.78 Å². The average Bonchev–Trinajstić information content (AvgIpc) is 3.00. The summed E-state index contributed by atoms with van der Waals surface area (Å²) in [5.74, 6) is 0.708. The van der Waals surface area contributed by atoms with Crippen molar-refractivity contribution in [2.45, 2.75) is 32.2 Å². The molecule has 1 saturated carbocycles. The van der Waals surface area contributed by atoms with Crippen molar-refractivity contribution < 1.29 is 9.18 Å². The van der Waals surface area contributed by atoms with Gasteiger partial charge in [0.2, 0.25) is 0 Å². The van der Waals surface area contributed by atoms with Crippen LogP contribution in [0, 0.1) is 23.6 Å². The molecule has 19 heavy (non-hydrogen) atoms. The molecule has 1 aliphatic carbocycles. The zero-order chi connectivity index (χ0) is 13.4. The molecule has 102 valence electrons. The zero-order valence-electron chi connectivity index (χ0n) is 11.2. The van der Waals surface area contributed by atoms with Crippen LogP contribution >= 0.6 is 0 Å². The fourth-order valence-corrected chi connectivity index (χ4v) is 3.85. The van der Waals surface area contributed by atoms with Crippen molar-refractivity contribution in [3.8, 4) is 0 Å². The first-order valence-electron chi connectivity index (χ1n) is 7.20. The van der Waals surface area contributed by atoms with Crippen molar-refractivity contribution in [3.63, 3.8) is 0 Å². The highest BCUT2D eigenvalue weighted by Gasteiger charge is 2.43. The van der Waals surface area contributed by atoms with Crippen LogP contribution in [0.15, 0.2) is 24.3 Å². The van der Waals surface area contributed by atoms with Gasteiger partial charge in [0.25, 0.3) is 0 Å². The molecule has 1 saturated heterocycles. The summed E-state index contributed by atoms with van der Waals surface area (Å²) >= 11 is 0. The molecule has 0 bridgehead atoms. The number of fused-ring (bicyclic) bond motifs is 1. The highest BCUT2D eigenvalue weighted by Crippen LogP contribution is 2.40. The largest absolute Gasteiger partial charge is 0.313 e. The summed E-state index contributed by atoms with van der Waals surface area (Å²) in [6.07, 6.45) is 3.75. The van der Waals surface area contributed by atoms with E-state index in [-0.39, 0.29) is 23.3 Å². The Morgan fingerprint density at radius 2 is 2.16 bits per heavy atom. The van der Waals surface area contributed by atoms with Crippen LogP contribution in [0.1, 0.15) is 36.5 Å². The van der Waals surface area contributed by atoms with Crippen molar-refractivity contribution in [2.75, 3.05) is 6.54 Å². The van der Waals surface area contributed by atoms with E-state index in [2.05, 4.69) is 5.32 Å². The van der Waals surface area contributed by atoms with Crippen molar-refractivity contribution in [2.24, 2.45) is 17.8 Å². The molecule has 3 heteroatoms. The Morgan fingerprint density at radius 3 is 2.95 bits per heavy atom. The first kappa shape index (κ1) is 12.8. The van der Waals surface area contributed by atoms with E-state index >= 15 is 0 Å². The molecule has 2 aliphatic rings. The predicted octanol–water partition coefficient (Wildman–Crippen LogP) is 3.03. The normalized spacial score (nSPS) is 31.2. The number of Topliss-reactive ketones (excluding diaryl/α,β-unsaturated/α-hetero) is 1. The molecule has 2 fully saturated rings. The maximum Gasteiger partial charge on any atom is 0.170 e. The molecule has 1 aromatic carbocycles. The number of rotatable bonds is 3. The third kappa shape index (κ3) is 2.20. The molecule has 0 amide bonds. The van der Waals surface area contributed by atoms with Gasteiger partial charge in [0.05, 0.1) is 5.56 Å². The summed E-state index contributed by atoms with van der Waals surface area (Å²) in [6, 6.07) is 6.52. The lowest BCUT2D eigenvalue weighted by Gasteiger charge is -2.24. The second kappa shape index (κ2) is 5.04. The number of benzene rings is 1. The molecule has 4 atom stereocenters. The molecule has 4 unspecified atom stereocenters. The lowest BCUT2D eigenvalue weighted by molar-refractivity contribution is 0.0887. The molecule has 1 N–H and O–H groups in total. The maximum atomic E-state index is 13.7. The van der Waals surface area contributed by atoms with Gasteiger partial charge in [-0.3, -0.25) is 4.79 Å². The van der Waals surface area contributed by atoms with Gasteiger partial charge in [0, 0.05) is 12.0 Å². The van der Waals surface area contributed by atoms with Gasteiger partial charge < -0.3 is 5.32 Å². The molecular weight excluding hydrogens is 241 g/mol. The van der Waals surface area contributed by atoms with E-state index in [9.17, 15) is 9.18 Å². The molecule has 1 heterocycles. The molecule has 3 rings (SSSR count). The lowest BCUT2D eigenvalue weighted by atomic mass is 9.83. The fraction of sp³-hybridized carbons (Fsp3) is 0.562. The summed E-state index contributed by atoms with van der Waals surface area (Å²) in [4.78, 5) is 12.5. The van der Waals surface area contributed by atoms with Gasteiger partial charge in [-0.25, -0.2) is 4.39 Å². The second-order valence-electron chi connectivity index (χ2n) is 5.92. The minimum Gasteiger partial charge on any atom is -0.313 e. The molecule has 1 aromatic rings. The first-order chi connectivity index (χ1) is 9.18. The number of hydrogen-bond donors (Lipinski definition) is 1. The minimum atomic E-state index is -0.402. The quantitative estimate of drug-likeness (QED) is 0.847. The molecule has 0 aromatic heterocycles. The van der Waals surface area contributed by atoms with Gasteiger partial charge in [-0.1, -0.05) is 25.5 Å². The first-order valence-corrected chi connectivity index (χ1v) is 7.20. The number of carbonyl (C=O) groups excluding carboxylic acids is 1. The van der Waals surface area contributed by atoms with Crippen LogP contribution < -0.4 is 5.32 Å². The molecule has 2 nitrogen and oxygen atoms in total. The highest BCUT2D eigenvalue weighted by molar-refractivity contribution is 5.98. The van der Waals surface area contributed by atoms with E-state index in [0.29, 0.717) is 5.92 Å². The molecule has 0 radical (unpaired) electrons. The Bertz CT molecular complexity index is 487. The van der Waals surface area contributed by atoms with Gasteiger partial charge in [0.15, 0.2) is 5.78 Å². The fourth-order valence-electron chi connectivity index (χ4n) is 3.85. The number of hydrogen-bond acceptors (Lipinski definition) is 2. The predicted molar refractivity (Wildman–Crippen MR) is 72.5 cm³/mol. The van der Waals surface area contributed by atoms with Crippen molar-refractivity contribution in [1.29, 1.82) is 0 Å². The monoisotopic (exact) mass is 261 g/mol. The Labute approximate surface area is 113 Å². The van der Waals surface area contributed by atoms with Crippen LogP contribution in [0.5, 0.6) is 0 Å². The molecule has 1 aliphatic heterocycles. The SMILES string of the molecule is CC(C(=O)c1ccccc1F)C1NCC2CCCC21. The van der Waals surface area contributed by atoms with Gasteiger partial charge in [-0.15, -0.1) is 0 Å². The van der Waals surface area contributed by atoms with Crippen LogP contribution in [0.4, 0.5) is 4.39 Å². The Hall–Kier alpha value is -1.22. The van der Waals surface area contributed by atoms with Gasteiger partial charge in [0.1, 0.15) is 5.82 Å². The topological polar surface area (TPSA) is 29.1 Å². The Balaban J connectivity index is 1.79. The molecular formula is C16H20FNO. The zero-order valence-corrected chi connectivity index (χ0v) is 11.2. The van der Waals surface area contributed by atoms with E-state index in [1.54, 1.807) is 18.2 Å². The van der Waals surface area contributed by atoms with Crippen LogP contribution in [0.2, 0.25) is 0 Å². The number of nitrogens with one attached hydrogen (secondary N) is 1. The van der Waals surface area contributed by atoms with Crippen LogP contribution in [0.25, 0.3) is 0 Å². The van der Waals surface area contributed by atoms with Crippen molar-refractivity contribution in [1.82, 2.24) is 5.32 Å². The third-order valence-electron chi connectivity index (χ3n) is 4.89. The van der Waals surface area contributed by atoms with E-state index in [1.807, 2.05) is 6.92 Å². The summed E-state index contributed by atoms with van der Waals surface area (Å²) in [6.45, 7) is 2.96. The number of ketones is 1. The number of halogens is 1. The third-order valence-corrected chi connectivity index (χ3v) is 4.89. The van der Waals surface area contributed by atoms with E-state index < -0.39 is 5.82 Å². The summed E-state index contributed by atoms with van der Waals surface area (Å²) in [5, 5.41) is 3.49. The van der Waals surface area contributed by atoms with Crippen molar-refractivity contribution in [3.05, 3.63) is 35.6 Å². The lowest BCUT2D eigenvalue weighted by Crippen LogP contribution is -2.38. The summed E-state index contributed by atoms with van der Waals surface area (Å²) in [7, 11) is 0. The van der Waals surface area contributed by atoms with Crippen LogP contribution in [-0.2, 0) is 0 Å². The average molecular weight is 261 g/mol. The molecule has 0 spiro atoms. The maximum absolute atomic E-state index is 13.7. The Kier molecular flexibility index (Phi) is 3.40. The standard InChI is InChI=1S/C16H20FNO/c1-10(15-12-7-4-5-11(12)9-18-15)16(19)13-6-2-3-8-14(13)17/h2-3,6,8,10-12,15,18H,4-5,7,9H2,1H3. The summed E-state index contributed by atoms with van der Waals surface area (Å²) in [5.41, 5.74) is 0.234. The van der Waals surface area contributed by atoms with Gasteiger partial charge in [-0.2, -0.15) is 0 Å². The minimum absolute atomic E-state index is 0.0665.